The SMILES string of the molecule is CC1CCC(N(CC(N)=S)C(C)C)CC1C. The van der Waals surface area contributed by atoms with Crippen molar-refractivity contribution in [2.45, 2.75) is 59.0 Å². The molecule has 0 bridgehead atoms. The monoisotopic (exact) mass is 242 g/mol. The van der Waals surface area contributed by atoms with Crippen LogP contribution < -0.4 is 5.73 Å². The maximum Gasteiger partial charge on any atom is 0.0870 e. The molecule has 2 nitrogen and oxygen atoms in total. The number of hydrogen-bond donors (Lipinski definition) is 1. The van der Waals surface area contributed by atoms with E-state index in [-0.39, 0.29) is 0 Å². The highest BCUT2D eigenvalue weighted by atomic mass is 32.1. The van der Waals surface area contributed by atoms with Crippen LogP contribution >= 0.6 is 12.2 Å². The Labute approximate surface area is 106 Å². The summed E-state index contributed by atoms with van der Waals surface area (Å²) in [6.07, 6.45) is 3.93. The molecule has 3 heteroatoms. The minimum atomic E-state index is 0.534. The molecule has 0 radical (unpaired) electrons. The summed E-state index contributed by atoms with van der Waals surface area (Å²) in [4.78, 5) is 3.10. The Morgan fingerprint density at radius 2 is 1.94 bits per heavy atom. The second-order valence-electron chi connectivity index (χ2n) is 5.65. The molecule has 3 unspecified atom stereocenters. The van der Waals surface area contributed by atoms with Crippen LogP contribution in [0.5, 0.6) is 0 Å². The molecular formula is C13H26N2S. The summed E-state index contributed by atoms with van der Waals surface area (Å²) in [6, 6.07) is 1.21. The Morgan fingerprint density at radius 3 is 2.38 bits per heavy atom. The second kappa shape index (κ2) is 5.97. The van der Waals surface area contributed by atoms with Crippen molar-refractivity contribution in [2.75, 3.05) is 6.54 Å². The van der Waals surface area contributed by atoms with E-state index in [2.05, 4.69) is 32.6 Å². The number of thiocarbonyl (C=S) groups is 1. The first kappa shape index (κ1) is 13.9. The third kappa shape index (κ3) is 3.70. The summed E-state index contributed by atoms with van der Waals surface area (Å²) < 4.78 is 0. The lowest BCUT2D eigenvalue weighted by Crippen LogP contribution is -2.47. The number of nitrogens with two attached hydrogens (primary N) is 1. The van der Waals surface area contributed by atoms with Crippen LogP contribution in [0.2, 0.25) is 0 Å². The third-order valence-corrected chi connectivity index (χ3v) is 4.17. The quantitative estimate of drug-likeness (QED) is 0.769. The van der Waals surface area contributed by atoms with Gasteiger partial charge < -0.3 is 5.73 Å². The van der Waals surface area contributed by atoms with Gasteiger partial charge in [0.2, 0.25) is 0 Å². The van der Waals surface area contributed by atoms with Crippen LogP contribution in [-0.2, 0) is 0 Å². The second-order valence-corrected chi connectivity index (χ2v) is 6.18. The number of rotatable bonds is 4. The van der Waals surface area contributed by atoms with Crippen LogP contribution in [0.15, 0.2) is 0 Å². The maximum atomic E-state index is 5.69. The van der Waals surface area contributed by atoms with Gasteiger partial charge in [-0.05, 0) is 44.9 Å². The van der Waals surface area contributed by atoms with Gasteiger partial charge in [-0.25, -0.2) is 0 Å². The molecule has 0 amide bonds. The minimum Gasteiger partial charge on any atom is -0.392 e. The Bertz CT molecular complexity index is 240. The fraction of sp³-hybridized carbons (Fsp3) is 0.923. The maximum absolute atomic E-state index is 5.69. The topological polar surface area (TPSA) is 29.3 Å². The number of nitrogens with zero attached hydrogens (tertiary/aromatic N) is 1. The van der Waals surface area contributed by atoms with Crippen molar-refractivity contribution in [3.8, 4) is 0 Å². The van der Waals surface area contributed by atoms with Gasteiger partial charge in [-0.15, -0.1) is 0 Å². The molecule has 3 atom stereocenters. The largest absolute Gasteiger partial charge is 0.392 e. The Balaban J connectivity index is 2.61. The van der Waals surface area contributed by atoms with Gasteiger partial charge in [0.25, 0.3) is 0 Å². The van der Waals surface area contributed by atoms with Crippen LogP contribution in [0, 0.1) is 11.8 Å². The van der Waals surface area contributed by atoms with Gasteiger partial charge in [0.15, 0.2) is 0 Å². The summed E-state index contributed by atoms with van der Waals surface area (Å²) in [5.41, 5.74) is 5.69. The minimum absolute atomic E-state index is 0.534. The van der Waals surface area contributed by atoms with Crippen molar-refractivity contribution < 1.29 is 0 Å². The summed E-state index contributed by atoms with van der Waals surface area (Å²) in [7, 11) is 0. The van der Waals surface area contributed by atoms with Crippen molar-refractivity contribution in [1.82, 2.24) is 4.90 Å². The molecule has 0 aromatic rings. The first-order valence-electron chi connectivity index (χ1n) is 6.45. The van der Waals surface area contributed by atoms with Crippen molar-refractivity contribution in [3.05, 3.63) is 0 Å². The van der Waals surface area contributed by atoms with Crippen molar-refractivity contribution >= 4 is 17.2 Å². The summed E-state index contributed by atoms with van der Waals surface area (Å²) >= 11 is 5.05. The summed E-state index contributed by atoms with van der Waals surface area (Å²) in [6.45, 7) is 9.99. The smallest absolute Gasteiger partial charge is 0.0870 e. The predicted octanol–water partition coefficient (Wildman–Crippen LogP) is 2.81. The lowest BCUT2D eigenvalue weighted by Gasteiger charge is -2.41. The van der Waals surface area contributed by atoms with E-state index in [9.17, 15) is 0 Å². The summed E-state index contributed by atoms with van der Waals surface area (Å²) in [5.74, 6) is 1.70. The van der Waals surface area contributed by atoms with Gasteiger partial charge in [0.05, 0.1) is 4.99 Å². The average molecular weight is 242 g/mol. The van der Waals surface area contributed by atoms with Crippen molar-refractivity contribution in [3.63, 3.8) is 0 Å². The molecule has 1 aliphatic rings. The molecule has 0 aromatic heterocycles. The summed E-state index contributed by atoms with van der Waals surface area (Å²) in [5, 5.41) is 0. The van der Waals surface area contributed by atoms with Crippen LogP contribution in [-0.4, -0.2) is 28.5 Å². The highest BCUT2D eigenvalue weighted by Gasteiger charge is 2.29. The Morgan fingerprint density at radius 1 is 1.31 bits per heavy atom. The van der Waals surface area contributed by atoms with E-state index < -0.39 is 0 Å². The normalized spacial score (nSPS) is 31.0. The molecule has 0 aromatic carbocycles. The predicted molar refractivity (Wildman–Crippen MR) is 74.6 cm³/mol. The van der Waals surface area contributed by atoms with E-state index in [4.69, 9.17) is 18.0 Å². The van der Waals surface area contributed by atoms with Gasteiger partial charge in [-0.1, -0.05) is 26.1 Å². The zero-order valence-electron chi connectivity index (χ0n) is 11.1. The van der Waals surface area contributed by atoms with Crippen LogP contribution in [0.25, 0.3) is 0 Å². The third-order valence-electron chi connectivity index (χ3n) is 4.04. The zero-order chi connectivity index (χ0) is 12.3. The fourth-order valence-electron chi connectivity index (χ4n) is 2.73. The van der Waals surface area contributed by atoms with Gasteiger partial charge >= 0.3 is 0 Å². The van der Waals surface area contributed by atoms with Gasteiger partial charge in [0.1, 0.15) is 0 Å². The van der Waals surface area contributed by atoms with Crippen molar-refractivity contribution in [1.29, 1.82) is 0 Å². The molecule has 1 aliphatic carbocycles. The molecule has 1 fully saturated rings. The molecule has 2 N–H and O–H groups in total. The van der Waals surface area contributed by atoms with Gasteiger partial charge in [0, 0.05) is 18.6 Å². The van der Waals surface area contributed by atoms with E-state index in [1.165, 1.54) is 19.3 Å². The lowest BCUT2D eigenvalue weighted by atomic mass is 9.78. The number of hydrogen-bond acceptors (Lipinski definition) is 2. The van der Waals surface area contributed by atoms with E-state index in [1.54, 1.807) is 0 Å². The molecule has 0 aliphatic heterocycles. The standard InChI is InChI=1S/C13H26N2S/c1-9(2)15(8-13(14)16)12-6-5-10(3)11(4)7-12/h9-12H,5-8H2,1-4H3,(H2,14,16). The van der Waals surface area contributed by atoms with Crippen LogP contribution in [0.3, 0.4) is 0 Å². The zero-order valence-corrected chi connectivity index (χ0v) is 11.9. The molecule has 16 heavy (non-hydrogen) atoms. The van der Waals surface area contributed by atoms with Crippen molar-refractivity contribution in [2.24, 2.45) is 17.6 Å². The first-order chi connectivity index (χ1) is 7.41. The molecule has 0 saturated heterocycles. The fourth-order valence-corrected chi connectivity index (χ4v) is 2.88. The van der Waals surface area contributed by atoms with Crippen LogP contribution in [0.1, 0.15) is 47.0 Å². The van der Waals surface area contributed by atoms with E-state index in [1.807, 2.05) is 0 Å². The molecule has 1 rings (SSSR count). The Kier molecular flexibility index (Phi) is 5.19. The molecule has 1 saturated carbocycles. The average Bonchev–Trinajstić information content (AvgIpc) is 2.18. The molecular weight excluding hydrogens is 216 g/mol. The molecule has 0 heterocycles. The van der Waals surface area contributed by atoms with Gasteiger partial charge in [-0.2, -0.15) is 0 Å². The van der Waals surface area contributed by atoms with Gasteiger partial charge in [-0.3, -0.25) is 4.90 Å². The van der Waals surface area contributed by atoms with E-state index in [0.717, 1.165) is 18.4 Å². The highest BCUT2D eigenvalue weighted by Crippen LogP contribution is 2.32. The molecule has 94 valence electrons. The van der Waals surface area contributed by atoms with E-state index >= 15 is 0 Å². The highest BCUT2D eigenvalue weighted by molar-refractivity contribution is 7.80. The van der Waals surface area contributed by atoms with E-state index in [0.29, 0.717) is 17.1 Å². The Hall–Kier alpha value is -0.150. The lowest BCUT2D eigenvalue weighted by molar-refractivity contribution is 0.0982. The molecule has 0 spiro atoms. The van der Waals surface area contributed by atoms with Crippen LogP contribution in [0.4, 0.5) is 0 Å². The first-order valence-corrected chi connectivity index (χ1v) is 6.86.